The summed E-state index contributed by atoms with van der Waals surface area (Å²) in [5.41, 5.74) is 2.62. The minimum Gasteiger partial charge on any atom is -0.452 e. The molecule has 1 fully saturated rings. The minimum absolute atomic E-state index is 0.0146. The topological polar surface area (TPSA) is 84.0 Å². The van der Waals surface area contributed by atoms with E-state index in [0.717, 1.165) is 36.9 Å². The summed E-state index contributed by atoms with van der Waals surface area (Å²) in [5.74, 6) is -1.02. The van der Waals surface area contributed by atoms with E-state index >= 15 is 0 Å². The van der Waals surface area contributed by atoms with Gasteiger partial charge in [0.2, 0.25) is 10.0 Å². The number of para-hydroxylation sites is 1. The Morgan fingerprint density at radius 2 is 1.78 bits per heavy atom. The number of hydrogen-bond acceptors (Lipinski definition) is 5. The summed E-state index contributed by atoms with van der Waals surface area (Å²) in [4.78, 5) is 27.2. The van der Waals surface area contributed by atoms with Gasteiger partial charge in [-0.2, -0.15) is 4.31 Å². The lowest BCUT2D eigenvalue weighted by Gasteiger charge is -2.26. The van der Waals surface area contributed by atoms with Crippen LogP contribution < -0.4 is 4.90 Å². The lowest BCUT2D eigenvalue weighted by molar-refractivity contribution is -0.122. The molecule has 1 amide bonds. The van der Waals surface area contributed by atoms with Crippen LogP contribution in [0.5, 0.6) is 0 Å². The average molecular weight is 457 g/mol. The molecule has 8 heteroatoms. The molecule has 32 heavy (non-hydrogen) atoms. The van der Waals surface area contributed by atoms with Crippen molar-refractivity contribution in [2.75, 3.05) is 24.6 Å². The molecule has 0 saturated carbocycles. The summed E-state index contributed by atoms with van der Waals surface area (Å²) in [6.07, 6.45) is 3.44. The first-order valence-electron chi connectivity index (χ1n) is 11.0. The van der Waals surface area contributed by atoms with E-state index in [-0.39, 0.29) is 22.4 Å². The summed E-state index contributed by atoms with van der Waals surface area (Å²) < 4.78 is 32.9. The maximum absolute atomic E-state index is 13.1. The molecule has 1 atom stereocenters. The highest BCUT2D eigenvalue weighted by molar-refractivity contribution is 7.89. The molecule has 170 valence electrons. The number of hydrogen-bond donors (Lipinski definition) is 0. The van der Waals surface area contributed by atoms with Crippen molar-refractivity contribution in [2.45, 2.75) is 50.5 Å². The quantitative estimate of drug-likeness (QED) is 0.645. The van der Waals surface area contributed by atoms with Crippen molar-refractivity contribution >= 4 is 27.6 Å². The number of benzene rings is 2. The number of anilines is 1. The first kappa shape index (κ1) is 22.5. The number of rotatable bonds is 5. The van der Waals surface area contributed by atoms with Gasteiger partial charge in [-0.05, 0) is 62.4 Å². The summed E-state index contributed by atoms with van der Waals surface area (Å²) in [6, 6.07) is 12.2. The van der Waals surface area contributed by atoms with Gasteiger partial charge in [0.05, 0.1) is 10.5 Å². The predicted molar refractivity (Wildman–Crippen MR) is 121 cm³/mol. The molecule has 0 aromatic heterocycles. The molecular weight excluding hydrogens is 428 g/mol. The molecule has 0 aliphatic carbocycles. The van der Waals surface area contributed by atoms with Crippen molar-refractivity contribution in [3.63, 3.8) is 0 Å². The van der Waals surface area contributed by atoms with Crippen molar-refractivity contribution in [3.05, 3.63) is 59.2 Å². The number of nitrogens with zero attached hydrogens (tertiary/aromatic N) is 2. The molecule has 2 aromatic carbocycles. The number of fused-ring (bicyclic) bond motifs is 1. The molecule has 2 aliphatic rings. The first-order chi connectivity index (χ1) is 15.3. The number of ether oxygens (including phenoxy) is 1. The van der Waals surface area contributed by atoms with Gasteiger partial charge in [-0.15, -0.1) is 0 Å². The summed E-state index contributed by atoms with van der Waals surface area (Å²) in [6.45, 7) is 4.24. The standard InChI is InChI=1S/C24H28N2O5S/c1-17-10-11-20(15-22(17)32(29,30)25-12-6-3-7-13-25)24(28)31-16-23(27)26-18(2)14-19-8-4-5-9-21(19)26/h4-5,8-11,15,18H,3,6-7,12-14,16H2,1-2H3. The molecule has 0 N–H and O–H groups in total. The van der Waals surface area contributed by atoms with E-state index in [9.17, 15) is 18.0 Å². The Bertz CT molecular complexity index is 1140. The fraction of sp³-hybridized carbons (Fsp3) is 0.417. The zero-order valence-electron chi connectivity index (χ0n) is 18.4. The van der Waals surface area contributed by atoms with Gasteiger partial charge >= 0.3 is 5.97 Å². The molecule has 1 unspecified atom stereocenters. The lowest BCUT2D eigenvalue weighted by Crippen LogP contribution is -2.38. The van der Waals surface area contributed by atoms with Gasteiger partial charge in [0.1, 0.15) is 0 Å². The number of sulfonamides is 1. The molecule has 0 bridgehead atoms. The van der Waals surface area contributed by atoms with Crippen LogP contribution in [0.25, 0.3) is 0 Å². The second-order valence-corrected chi connectivity index (χ2v) is 10.4. The number of carbonyl (C=O) groups is 2. The number of esters is 1. The first-order valence-corrected chi connectivity index (χ1v) is 12.4. The lowest BCUT2D eigenvalue weighted by atomic mass is 10.1. The van der Waals surface area contributed by atoms with E-state index < -0.39 is 22.6 Å². The van der Waals surface area contributed by atoms with E-state index in [1.807, 2.05) is 31.2 Å². The van der Waals surface area contributed by atoms with E-state index in [4.69, 9.17) is 4.74 Å². The molecule has 2 aliphatic heterocycles. The van der Waals surface area contributed by atoms with Crippen molar-refractivity contribution in [1.29, 1.82) is 0 Å². The summed E-state index contributed by atoms with van der Waals surface area (Å²) >= 11 is 0. The Morgan fingerprint density at radius 1 is 1.06 bits per heavy atom. The Hall–Kier alpha value is -2.71. The van der Waals surface area contributed by atoms with Gasteiger partial charge in [-0.25, -0.2) is 13.2 Å². The SMILES string of the molecule is Cc1ccc(C(=O)OCC(=O)N2c3ccccc3CC2C)cc1S(=O)(=O)N1CCCCC1. The fourth-order valence-electron chi connectivity index (χ4n) is 4.48. The zero-order chi connectivity index (χ0) is 22.9. The minimum atomic E-state index is -3.68. The van der Waals surface area contributed by atoms with Crippen LogP contribution in [0.4, 0.5) is 5.69 Å². The van der Waals surface area contributed by atoms with Crippen LogP contribution in [0.1, 0.15) is 47.7 Å². The molecule has 2 heterocycles. The monoisotopic (exact) mass is 456 g/mol. The van der Waals surface area contributed by atoms with Crippen LogP contribution in [-0.4, -0.2) is 50.3 Å². The molecule has 1 saturated heterocycles. The van der Waals surface area contributed by atoms with Crippen LogP contribution in [-0.2, 0) is 26.0 Å². The normalized spacial score (nSPS) is 18.9. The average Bonchev–Trinajstić information content (AvgIpc) is 3.13. The molecule has 0 radical (unpaired) electrons. The number of amides is 1. The van der Waals surface area contributed by atoms with Gasteiger partial charge in [0.15, 0.2) is 6.61 Å². The highest BCUT2D eigenvalue weighted by Gasteiger charge is 2.32. The Kier molecular flexibility index (Phi) is 6.35. The number of aryl methyl sites for hydroxylation is 1. The van der Waals surface area contributed by atoms with Gasteiger partial charge in [0.25, 0.3) is 5.91 Å². The predicted octanol–water partition coefficient (Wildman–Crippen LogP) is 3.30. The summed E-state index contributed by atoms with van der Waals surface area (Å²) in [5, 5.41) is 0. The fourth-order valence-corrected chi connectivity index (χ4v) is 6.24. The second kappa shape index (κ2) is 9.03. The third kappa shape index (κ3) is 4.29. The third-order valence-electron chi connectivity index (χ3n) is 6.16. The van der Waals surface area contributed by atoms with Crippen LogP contribution in [0.2, 0.25) is 0 Å². The second-order valence-electron chi connectivity index (χ2n) is 8.47. The Labute approximate surface area is 189 Å². The van der Waals surface area contributed by atoms with Crippen LogP contribution in [0.3, 0.4) is 0 Å². The molecular formula is C24H28N2O5S. The van der Waals surface area contributed by atoms with Gasteiger partial charge in [-0.1, -0.05) is 30.7 Å². The van der Waals surface area contributed by atoms with Crippen LogP contribution in [0, 0.1) is 6.92 Å². The van der Waals surface area contributed by atoms with E-state index in [1.54, 1.807) is 17.9 Å². The highest BCUT2D eigenvalue weighted by Crippen LogP contribution is 2.32. The van der Waals surface area contributed by atoms with E-state index in [1.165, 1.54) is 16.4 Å². The van der Waals surface area contributed by atoms with Gasteiger partial charge < -0.3 is 9.64 Å². The molecule has 4 rings (SSSR count). The van der Waals surface area contributed by atoms with Crippen LogP contribution in [0.15, 0.2) is 47.4 Å². The van der Waals surface area contributed by atoms with Crippen molar-refractivity contribution in [2.24, 2.45) is 0 Å². The maximum Gasteiger partial charge on any atom is 0.338 e. The molecule has 0 spiro atoms. The maximum atomic E-state index is 13.1. The highest BCUT2D eigenvalue weighted by atomic mass is 32.2. The smallest absolute Gasteiger partial charge is 0.338 e. The van der Waals surface area contributed by atoms with E-state index in [2.05, 4.69) is 0 Å². The third-order valence-corrected chi connectivity index (χ3v) is 8.20. The summed E-state index contributed by atoms with van der Waals surface area (Å²) in [7, 11) is -3.68. The Balaban J connectivity index is 1.47. The molecule has 2 aromatic rings. The van der Waals surface area contributed by atoms with Gasteiger partial charge in [-0.3, -0.25) is 4.79 Å². The van der Waals surface area contributed by atoms with E-state index in [0.29, 0.717) is 18.7 Å². The number of carbonyl (C=O) groups excluding carboxylic acids is 2. The largest absolute Gasteiger partial charge is 0.452 e. The van der Waals surface area contributed by atoms with Crippen molar-refractivity contribution in [3.8, 4) is 0 Å². The Morgan fingerprint density at radius 3 is 2.53 bits per heavy atom. The van der Waals surface area contributed by atoms with Crippen molar-refractivity contribution < 1.29 is 22.7 Å². The zero-order valence-corrected chi connectivity index (χ0v) is 19.2. The van der Waals surface area contributed by atoms with Gasteiger partial charge in [0, 0.05) is 24.8 Å². The number of piperidine rings is 1. The molecule has 7 nitrogen and oxygen atoms in total. The van der Waals surface area contributed by atoms with Crippen molar-refractivity contribution in [1.82, 2.24) is 4.31 Å². The van der Waals surface area contributed by atoms with Crippen LogP contribution >= 0.6 is 0 Å².